The Morgan fingerprint density at radius 1 is 0.667 bits per heavy atom. The summed E-state index contributed by atoms with van der Waals surface area (Å²) in [5.41, 5.74) is 0. The molecule has 0 fully saturated rings. The van der Waals surface area contributed by atoms with Gasteiger partial charge < -0.3 is 0 Å². The molecule has 49 valence electrons. The molecule has 0 aromatic rings. The second-order valence-corrected chi connectivity index (χ2v) is 1.15. The molecule has 0 N–H and O–H groups in total. The van der Waals surface area contributed by atoms with Crippen molar-refractivity contribution in [1.82, 2.24) is 0 Å². The Kier molecular flexibility index (Phi) is 13.3. The Morgan fingerprint density at radius 3 is 1.22 bits per heavy atom. The van der Waals surface area contributed by atoms with Gasteiger partial charge in [-0.1, -0.05) is 0 Å². The first-order chi connectivity index (χ1) is 3.91. The van der Waals surface area contributed by atoms with E-state index in [4.69, 9.17) is 13.2 Å². The molecule has 1 heteroatoms. The first-order valence-corrected chi connectivity index (χ1v) is 2.33. The summed E-state index contributed by atoms with van der Waals surface area (Å²) >= 11 is 0. The van der Waals surface area contributed by atoms with Crippen LogP contribution >= 0.6 is 0 Å². The van der Waals surface area contributed by atoms with Crippen molar-refractivity contribution in [3.63, 3.8) is 0 Å². The predicted molar refractivity (Wildman–Crippen MR) is 36.0 cm³/mol. The van der Waals surface area contributed by atoms with Crippen molar-refractivity contribution in [1.29, 1.82) is 0 Å². The summed E-state index contributed by atoms with van der Waals surface area (Å²) in [6.45, 7) is 10.0. The van der Waals surface area contributed by atoms with E-state index in [1.165, 1.54) is 12.2 Å². The van der Waals surface area contributed by atoms with Gasteiger partial charge >= 0.3 is 19.5 Å². The molecule has 0 heterocycles. The quantitative estimate of drug-likeness (QED) is 0.377. The van der Waals surface area contributed by atoms with Crippen LogP contribution < -0.4 is 0 Å². The van der Waals surface area contributed by atoms with Gasteiger partial charge in [-0.3, -0.25) is 13.2 Å². The van der Waals surface area contributed by atoms with Crippen LogP contribution in [-0.2, 0) is 19.5 Å². The van der Waals surface area contributed by atoms with E-state index in [9.17, 15) is 0 Å². The number of hydrogen-bond acceptors (Lipinski definition) is 0. The molecular formula is C8H8Rh. The molecule has 0 nitrogen and oxygen atoms in total. The van der Waals surface area contributed by atoms with Crippen molar-refractivity contribution in [2.75, 3.05) is 0 Å². The van der Waals surface area contributed by atoms with Crippen molar-refractivity contribution in [2.24, 2.45) is 0 Å². The van der Waals surface area contributed by atoms with E-state index < -0.39 is 0 Å². The zero-order valence-corrected chi connectivity index (χ0v) is 6.59. The van der Waals surface area contributed by atoms with Gasteiger partial charge in [-0.2, -0.15) is 12.2 Å². The van der Waals surface area contributed by atoms with Crippen LogP contribution in [0.1, 0.15) is 0 Å². The van der Waals surface area contributed by atoms with Gasteiger partial charge in [-0.15, -0.1) is 0 Å². The molecule has 0 unspecified atom stereocenters. The Labute approximate surface area is 69.4 Å². The van der Waals surface area contributed by atoms with Gasteiger partial charge in [0.2, 0.25) is 0 Å². The maximum absolute atomic E-state index is 5.02. The van der Waals surface area contributed by atoms with Crippen molar-refractivity contribution >= 4 is 0 Å². The third-order valence-corrected chi connectivity index (χ3v) is 0.556. The molecular weight excluding hydrogens is 199 g/mol. The number of rotatable bonds is 3. The molecule has 0 atom stereocenters. The molecule has 0 rings (SSSR count). The van der Waals surface area contributed by atoms with Crippen molar-refractivity contribution in [2.45, 2.75) is 0 Å². The summed E-state index contributed by atoms with van der Waals surface area (Å²) in [5, 5.41) is 0. The third kappa shape index (κ3) is 11.3. The Bertz CT molecular complexity index is 105. The van der Waals surface area contributed by atoms with Crippen LogP contribution in [0.25, 0.3) is 0 Å². The zero-order chi connectivity index (χ0) is 6.24. The van der Waals surface area contributed by atoms with E-state index in [0.717, 1.165) is 0 Å². The molecule has 0 saturated carbocycles. The molecule has 0 aromatic carbocycles. The average Bonchev–Trinajstić information content (AvgIpc) is 1.81. The van der Waals surface area contributed by atoms with E-state index in [1.807, 2.05) is 0 Å². The van der Waals surface area contributed by atoms with E-state index in [2.05, 4.69) is 0 Å². The molecule has 0 aliphatic rings. The Morgan fingerprint density at radius 2 is 1.00 bits per heavy atom. The standard InChI is InChI=1S/C8H8.Rh/c1-3-5-7-8-6-4-2;/h1-8H;/q-2;+2/b7-5-,8-6-;. The first kappa shape index (κ1) is 11.4. The maximum Gasteiger partial charge on any atom is 2.00 e. The van der Waals surface area contributed by atoms with Crippen LogP contribution in [0.3, 0.4) is 0 Å². The van der Waals surface area contributed by atoms with Crippen LogP contribution in [0, 0.1) is 13.2 Å². The molecule has 0 aliphatic heterocycles. The summed E-state index contributed by atoms with van der Waals surface area (Å²) in [7, 11) is 0. The second kappa shape index (κ2) is 10.5. The molecule has 0 bridgehead atoms. The fourth-order valence-electron chi connectivity index (χ4n) is 0.257. The monoisotopic (exact) mass is 207 g/mol. The van der Waals surface area contributed by atoms with E-state index in [0.29, 0.717) is 0 Å². The second-order valence-electron chi connectivity index (χ2n) is 1.15. The van der Waals surface area contributed by atoms with Crippen molar-refractivity contribution in [3.05, 3.63) is 49.6 Å². The van der Waals surface area contributed by atoms with Gasteiger partial charge in [0.1, 0.15) is 0 Å². The summed E-state index contributed by atoms with van der Waals surface area (Å²) in [4.78, 5) is 0. The number of allylic oxidation sites excluding steroid dienone is 6. The number of hydrogen-bond donors (Lipinski definition) is 0. The minimum atomic E-state index is 0. The molecule has 9 heavy (non-hydrogen) atoms. The van der Waals surface area contributed by atoms with Crippen LogP contribution in [0.4, 0.5) is 0 Å². The SMILES string of the molecule is [CH-]=C/C=C\C=C/C=[CH-].[Rh+2]. The minimum absolute atomic E-state index is 0. The maximum atomic E-state index is 5.02. The largest absolute Gasteiger partial charge is 2.00 e. The molecule has 0 aromatic heterocycles. The van der Waals surface area contributed by atoms with Gasteiger partial charge in [0.25, 0.3) is 0 Å². The van der Waals surface area contributed by atoms with Crippen molar-refractivity contribution < 1.29 is 19.5 Å². The summed E-state index contributed by atoms with van der Waals surface area (Å²) in [6.07, 6.45) is 9.95. The fraction of sp³-hybridized carbons (Fsp3) is 0. The summed E-state index contributed by atoms with van der Waals surface area (Å²) in [5.74, 6) is 0. The van der Waals surface area contributed by atoms with Crippen molar-refractivity contribution in [3.8, 4) is 0 Å². The predicted octanol–water partition coefficient (Wildman–Crippen LogP) is 2.07. The van der Waals surface area contributed by atoms with Crippen LogP contribution in [0.15, 0.2) is 36.5 Å². The smallest absolute Gasteiger partial charge is 0.293 e. The Balaban J connectivity index is 0. The summed E-state index contributed by atoms with van der Waals surface area (Å²) < 4.78 is 0. The van der Waals surface area contributed by atoms with E-state index >= 15 is 0 Å². The van der Waals surface area contributed by atoms with Gasteiger partial charge in [0, 0.05) is 0 Å². The third-order valence-electron chi connectivity index (χ3n) is 0.556. The molecule has 0 spiro atoms. The first-order valence-electron chi connectivity index (χ1n) is 2.33. The molecule has 0 saturated heterocycles. The zero-order valence-electron chi connectivity index (χ0n) is 4.95. The summed E-state index contributed by atoms with van der Waals surface area (Å²) in [6, 6.07) is 0. The molecule has 0 aliphatic carbocycles. The van der Waals surface area contributed by atoms with Gasteiger partial charge in [0.05, 0.1) is 0 Å². The van der Waals surface area contributed by atoms with Gasteiger partial charge in [-0.05, 0) is 0 Å². The van der Waals surface area contributed by atoms with Gasteiger partial charge in [-0.25, -0.2) is 24.3 Å². The average molecular weight is 207 g/mol. The fourth-order valence-corrected chi connectivity index (χ4v) is 0.257. The Hall–Kier alpha value is -0.417. The van der Waals surface area contributed by atoms with Crippen LogP contribution in [0.2, 0.25) is 0 Å². The topological polar surface area (TPSA) is 0 Å². The van der Waals surface area contributed by atoms with E-state index in [1.54, 1.807) is 24.3 Å². The molecule has 0 amide bonds. The van der Waals surface area contributed by atoms with Crippen LogP contribution in [0.5, 0.6) is 0 Å². The molecule has 1 radical (unpaired) electrons. The van der Waals surface area contributed by atoms with Crippen LogP contribution in [-0.4, -0.2) is 0 Å². The van der Waals surface area contributed by atoms with E-state index in [-0.39, 0.29) is 19.5 Å². The minimum Gasteiger partial charge on any atom is -0.293 e. The normalized spacial score (nSPS) is 9.33. The van der Waals surface area contributed by atoms with Gasteiger partial charge in [0.15, 0.2) is 0 Å².